The Morgan fingerprint density at radius 1 is 1.04 bits per heavy atom. The van der Waals surface area contributed by atoms with Crippen molar-refractivity contribution in [1.29, 1.82) is 5.26 Å². The molecule has 1 saturated heterocycles. The molecule has 0 radical (unpaired) electrons. The lowest BCUT2D eigenvalue weighted by atomic mass is 10.2. The molecule has 1 fully saturated rings. The summed E-state index contributed by atoms with van der Waals surface area (Å²) < 4.78 is 13.0. The molecule has 0 unspecified atom stereocenters. The molecule has 1 aliphatic rings. The molecule has 0 bridgehead atoms. The Morgan fingerprint density at radius 2 is 1.78 bits per heavy atom. The Bertz CT molecular complexity index is 957. The largest absolute Gasteiger partial charge is 0.352 e. The first-order valence-electron chi connectivity index (χ1n) is 8.65. The van der Waals surface area contributed by atoms with E-state index in [4.69, 9.17) is 0 Å². The quantitative estimate of drug-likeness (QED) is 0.693. The Morgan fingerprint density at radius 3 is 2.52 bits per heavy atom. The van der Waals surface area contributed by atoms with Crippen LogP contribution in [0.1, 0.15) is 16.1 Å². The molecule has 0 aliphatic carbocycles. The maximum absolute atomic E-state index is 13.0. The van der Waals surface area contributed by atoms with Crippen LogP contribution < -0.4 is 9.80 Å². The fourth-order valence-corrected chi connectivity index (χ4v) is 3.99. The van der Waals surface area contributed by atoms with Crippen molar-refractivity contribution in [2.75, 3.05) is 36.0 Å². The molecule has 0 amide bonds. The van der Waals surface area contributed by atoms with E-state index >= 15 is 0 Å². The molecule has 1 aliphatic heterocycles. The summed E-state index contributed by atoms with van der Waals surface area (Å²) in [7, 11) is 0. The van der Waals surface area contributed by atoms with Crippen LogP contribution in [-0.2, 0) is 6.42 Å². The van der Waals surface area contributed by atoms with Gasteiger partial charge < -0.3 is 9.80 Å². The molecule has 6 nitrogen and oxygen atoms in total. The van der Waals surface area contributed by atoms with Gasteiger partial charge in [0.2, 0.25) is 5.13 Å². The molecule has 0 spiro atoms. The van der Waals surface area contributed by atoms with Gasteiger partial charge >= 0.3 is 0 Å². The van der Waals surface area contributed by atoms with Crippen LogP contribution in [0.25, 0.3) is 0 Å². The first-order valence-corrected chi connectivity index (χ1v) is 9.46. The molecule has 8 heteroatoms. The number of rotatable bonds is 4. The Balaban J connectivity index is 1.39. The maximum atomic E-state index is 13.0. The summed E-state index contributed by atoms with van der Waals surface area (Å²) in [5.41, 5.74) is 1.62. The van der Waals surface area contributed by atoms with Gasteiger partial charge in [-0.15, -0.1) is 10.2 Å². The van der Waals surface area contributed by atoms with E-state index in [1.807, 2.05) is 0 Å². The summed E-state index contributed by atoms with van der Waals surface area (Å²) in [6, 6.07) is 12.2. The third kappa shape index (κ3) is 3.88. The molecule has 27 heavy (non-hydrogen) atoms. The van der Waals surface area contributed by atoms with Crippen LogP contribution in [0.15, 0.2) is 42.6 Å². The smallest absolute Gasteiger partial charge is 0.208 e. The highest BCUT2D eigenvalue weighted by atomic mass is 32.1. The lowest BCUT2D eigenvalue weighted by molar-refractivity contribution is 0.627. The van der Waals surface area contributed by atoms with E-state index in [1.54, 1.807) is 41.8 Å². The second-order valence-corrected chi connectivity index (χ2v) is 7.28. The minimum Gasteiger partial charge on any atom is -0.352 e. The predicted octanol–water partition coefficient (Wildman–Crippen LogP) is 2.86. The first-order chi connectivity index (χ1) is 13.2. The molecular weight excluding hydrogens is 363 g/mol. The van der Waals surface area contributed by atoms with Gasteiger partial charge in [-0.3, -0.25) is 0 Å². The Labute approximate surface area is 160 Å². The zero-order valence-corrected chi connectivity index (χ0v) is 15.4. The molecular formula is C19H17FN6S. The number of benzene rings is 1. The lowest BCUT2D eigenvalue weighted by Crippen LogP contribution is -2.47. The SMILES string of the molecule is N#Cc1cccnc1N1CCN(c2nnc(Cc3ccc(F)cc3)s2)CC1. The average Bonchev–Trinajstić information content (AvgIpc) is 3.18. The van der Waals surface area contributed by atoms with Gasteiger partial charge in [-0.2, -0.15) is 5.26 Å². The van der Waals surface area contributed by atoms with Crippen molar-refractivity contribution < 1.29 is 4.39 Å². The van der Waals surface area contributed by atoms with Crippen LogP contribution in [0.2, 0.25) is 0 Å². The van der Waals surface area contributed by atoms with E-state index in [-0.39, 0.29) is 5.82 Å². The molecule has 4 rings (SSSR count). The molecule has 136 valence electrons. The highest BCUT2D eigenvalue weighted by Gasteiger charge is 2.22. The average molecular weight is 380 g/mol. The summed E-state index contributed by atoms with van der Waals surface area (Å²) in [5, 5.41) is 19.7. The van der Waals surface area contributed by atoms with Crippen molar-refractivity contribution in [3.05, 3.63) is 64.5 Å². The number of hydrogen-bond donors (Lipinski definition) is 0. The van der Waals surface area contributed by atoms with E-state index in [1.165, 1.54) is 12.1 Å². The maximum Gasteiger partial charge on any atom is 0.208 e. The number of aromatic nitrogens is 3. The molecule has 2 aromatic heterocycles. The number of nitriles is 1. The number of halogens is 1. The lowest BCUT2D eigenvalue weighted by Gasteiger charge is -2.35. The summed E-state index contributed by atoms with van der Waals surface area (Å²) >= 11 is 1.57. The van der Waals surface area contributed by atoms with E-state index in [2.05, 4.69) is 31.1 Å². The zero-order chi connectivity index (χ0) is 18.6. The fraction of sp³-hybridized carbons (Fsp3) is 0.263. The van der Waals surface area contributed by atoms with E-state index < -0.39 is 0 Å². The third-order valence-electron chi connectivity index (χ3n) is 4.48. The number of anilines is 2. The van der Waals surface area contributed by atoms with Gasteiger partial charge in [0.15, 0.2) is 0 Å². The minimum atomic E-state index is -0.234. The summed E-state index contributed by atoms with van der Waals surface area (Å²) in [6.45, 7) is 3.15. The monoisotopic (exact) mass is 380 g/mol. The van der Waals surface area contributed by atoms with Crippen molar-refractivity contribution >= 4 is 22.3 Å². The van der Waals surface area contributed by atoms with Crippen LogP contribution in [0, 0.1) is 17.1 Å². The molecule has 1 aromatic carbocycles. The van der Waals surface area contributed by atoms with Crippen molar-refractivity contribution in [2.45, 2.75) is 6.42 Å². The highest BCUT2D eigenvalue weighted by Crippen LogP contribution is 2.25. The van der Waals surface area contributed by atoms with Gasteiger partial charge in [-0.05, 0) is 29.8 Å². The number of piperazine rings is 1. The molecule has 0 N–H and O–H groups in total. The minimum absolute atomic E-state index is 0.234. The standard InChI is InChI=1S/C19H17FN6S/c20-16-5-3-14(4-6-16)12-17-23-24-19(27-17)26-10-8-25(9-11-26)18-15(13-21)2-1-7-22-18/h1-7H,8-12H2. The van der Waals surface area contributed by atoms with Crippen LogP contribution in [0.3, 0.4) is 0 Å². The zero-order valence-electron chi connectivity index (χ0n) is 14.5. The number of pyridine rings is 1. The Kier molecular flexibility index (Phi) is 4.94. The van der Waals surface area contributed by atoms with Crippen molar-refractivity contribution in [1.82, 2.24) is 15.2 Å². The molecule has 0 saturated carbocycles. The summed E-state index contributed by atoms with van der Waals surface area (Å²) in [4.78, 5) is 8.70. The van der Waals surface area contributed by atoms with Crippen LogP contribution in [0.4, 0.5) is 15.3 Å². The van der Waals surface area contributed by atoms with Crippen LogP contribution in [-0.4, -0.2) is 41.4 Å². The first kappa shape index (κ1) is 17.4. The summed E-state index contributed by atoms with van der Waals surface area (Å²) in [6.07, 6.45) is 2.37. The van der Waals surface area contributed by atoms with Gasteiger partial charge in [-0.1, -0.05) is 23.5 Å². The van der Waals surface area contributed by atoms with Crippen LogP contribution in [0.5, 0.6) is 0 Å². The predicted molar refractivity (Wildman–Crippen MR) is 102 cm³/mol. The Hall–Kier alpha value is -3.05. The second kappa shape index (κ2) is 7.68. The van der Waals surface area contributed by atoms with Crippen LogP contribution >= 0.6 is 11.3 Å². The fourth-order valence-electron chi connectivity index (χ4n) is 3.07. The number of nitrogens with zero attached hydrogens (tertiary/aromatic N) is 6. The highest BCUT2D eigenvalue weighted by molar-refractivity contribution is 7.15. The van der Waals surface area contributed by atoms with Gasteiger partial charge in [0.25, 0.3) is 0 Å². The third-order valence-corrected chi connectivity index (χ3v) is 5.47. The molecule has 0 atom stereocenters. The van der Waals surface area contributed by atoms with Crippen molar-refractivity contribution in [2.24, 2.45) is 0 Å². The van der Waals surface area contributed by atoms with Gasteiger partial charge in [0.05, 0.1) is 5.56 Å². The van der Waals surface area contributed by atoms with Crippen molar-refractivity contribution in [3.63, 3.8) is 0 Å². The summed E-state index contributed by atoms with van der Waals surface area (Å²) in [5.74, 6) is 0.510. The topological polar surface area (TPSA) is 68.9 Å². The van der Waals surface area contributed by atoms with E-state index in [9.17, 15) is 9.65 Å². The van der Waals surface area contributed by atoms with E-state index in [0.29, 0.717) is 12.0 Å². The molecule has 3 heterocycles. The van der Waals surface area contributed by atoms with Gasteiger partial charge in [-0.25, -0.2) is 9.37 Å². The normalized spacial score (nSPS) is 14.2. The van der Waals surface area contributed by atoms with Crippen molar-refractivity contribution in [3.8, 4) is 6.07 Å². The second-order valence-electron chi connectivity index (χ2n) is 6.24. The molecule has 3 aromatic rings. The van der Waals surface area contributed by atoms with Gasteiger partial charge in [0.1, 0.15) is 22.7 Å². The number of hydrogen-bond acceptors (Lipinski definition) is 7. The van der Waals surface area contributed by atoms with E-state index in [0.717, 1.165) is 47.7 Å². The van der Waals surface area contributed by atoms with Gasteiger partial charge in [0, 0.05) is 38.8 Å².